The third kappa shape index (κ3) is 3.49. The third-order valence-electron chi connectivity index (χ3n) is 5.48. The molecule has 134 valence electrons. The summed E-state index contributed by atoms with van der Waals surface area (Å²) in [5.41, 5.74) is 0.287. The fraction of sp³-hybridized carbons (Fsp3) is 0.579. The van der Waals surface area contributed by atoms with Gasteiger partial charge in [-0.05, 0) is 49.8 Å². The van der Waals surface area contributed by atoms with E-state index in [1.165, 1.54) is 6.07 Å². The van der Waals surface area contributed by atoms with Crippen LogP contribution in [0.5, 0.6) is 5.75 Å². The molecule has 1 aliphatic carbocycles. The summed E-state index contributed by atoms with van der Waals surface area (Å²) >= 11 is 0. The van der Waals surface area contributed by atoms with Crippen molar-refractivity contribution in [3.8, 4) is 5.75 Å². The van der Waals surface area contributed by atoms with Crippen LogP contribution in [0.15, 0.2) is 24.3 Å². The minimum atomic E-state index is -0.219. The SMILES string of the molecule is O=C(NC[C@@H]1CCC2(CN(C(=O)c3cccc(O)c3)C2)OC1)C1CC1. The van der Waals surface area contributed by atoms with E-state index in [0.717, 1.165) is 25.7 Å². The quantitative estimate of drug-likeness (QED) is 0.868. The van der Waals surface area contributed by atoms with Gasteiger partial charge in [-0.3, -0.25) is 9.59 Å². The topological polar surface area (TPSA) is 78.9 Å². The van der Waals surface area contributed by atoms with Crippen molar-refractivity contribution in [1.82, 2.24) is 10.2 Å². The molecule has 1 aromatic carbocycles. The fourth-order valence-electron chi connectivity index (χ4n) is 3.68. The van der Waals surface area contributed by atoms with Gasteiger partial charge in [-0.15, -0.1) is 0 Å². The number of amides is 2. The zero-order valence-electron chi connectivity index (χ0n) is 14.2. The lowest BCUT2D eigenvalue weighted by Gasteiger charge is -2.52. The van der Waals surface area contributed by atoms with Gasteiger partial charge in [0.25, 0.3) is 5.91 Å². The lowest BCUT2D eigenvalue weighted by Crippen LogP contribution is -2.66. The van der Waals surface area contributed by atoms with Crippen LogP contribution in [0.1, 0.15) is 36.0 Å². The second kappa shape index (κ2) is 6.33. The van der Waals surface area contributed by atoms with E-state index in [9.17, 15) is 14.7 Å². The van der Waals surface area contributed by atoms with Crippen LogP contribution in [-0.2, 0) is 9.53 Å². The highest BCUT2D eigenvalue weighted by atomic mass is 16.5. The van der Waals surface area contributed by atoms with Crippen molar-refractivity contribution in [1.29, 1.82) is 0 Å². The summed E-state index contributed by atoms with van der Waals surface area (Å²) in [5.74, 6) is 0.838. The summed E-state index contributed by atoms with van der Waals surface area (Å²) in [6, 6.07) is 6.44. The molecule has 6 nitrogen and oxygen atoms in total. The molecule has 1 saturated carbocycles. The largest absolute Gasteiger partial charge is 0.508 e. The summed E-state index contributed by atoms with van der Waals surface area (Å²) in [6.45, 7) is 2.53. The zero-order chi connectivity index (χ0) is 17.4. The van der Waals surface area contributed by atoms with Crippen LogP contribution >= 0.6 is 0 Å². The van der Waals surface area contributed by atoms with Gasteiger partial charge < -0.3 is 20.1 Å². The molecule has 0 aromatic heterocycles. The van der Waals surface area contributed by atoms with Gasteiger partial charge in [0, 0.05) is 18.0 Å². The van der Waals surface area contributed by atoms with Crippen LogP contribution < -0.4 is 5.32 Å². The second-order valence-corrected chi connectivity index (χ2v) is 7.63. The van der Waals surface area contributed by atoms with Gasteiger partial charge >= 0.3 is 0 Å². The molecule has 0 radical (unpaired) electrons. The molecule has 0 bridgehead atoms. The average molecular weight is 344 g/mol. The Labute approximate surface area is 147 Å². The molecule has 1 spiro atoms. The number of benzene rings is 1. The molecule has 1 atom stereocenters. The molecule has 6 heteroatoms. The van der Waals surface area contributed by atoms with Crippen molar-refractivity contribution in [2.24, 2.45) is 11.8 Å². The van der Waals surface area contributed by atoms with Gasteiger partial charge in [-0.2, -0.15) is 0 Å². The number of carbonyl (C=O) groups is 2. The lowest BCUT2D eigenvalue weighted by molar-refractivity contribution is -0.166. The van der Waals surface area contributed by atoms with E-state index >= 15 is 0 Å². The number of hydrogen-bond acceptors (Lipinski definition) is 4. The molecule has 3 aliphatic rings. The molecule has 2 saturated heterocycles. The molecule has 2 aliphatic heterocycles. The van der Waals surface area contributed by atoms with Crippen LogP contribution in [0.3, 0.4) is 0 Å². The molecular weight excluding hydrogens is 320 g/mol. The zero-order valence-corrected chi connectivity index (χ0v) is 14.2. The summed E-state index contributed by atoms with van der Waals surface area (Å²) in [6.07, 6.45) is 3.98. The van der Waals surface area contributed by atoms with Crippen LogP contribution in [0.4, 0.5) is 0 Å². The summed E-state index contributed by atoms with van der Waals surface area (Å²) < 4.78 is 6.07. The summed E-state index contributed by atoms with van der Waals surface area (Å²) in [5, 5.41) is 12.5. The van der Waals surface area contributed by atoms with E-state index in [2.05, 4.69) is 5.32 Å². The van der Waals surface area contributed by atoms with Crippen molar-refractivity contribution in [3.05, 3.63) is 29.8 Å². The number of ether oxygens (including phenoxy) is 1. The number of nitrogens with zero attached hydrogens (tertiary/aromatic N) is 1. The Balaban J connectivity index is 1.23. The van der Waals surface area contributed by atoms with Crippen LogP contribution in [-0.4, -0.2) is 53.7 Å². The second-order valence-electron chi connectivity index (χ2n) is 7.63. The van der Waals surface area contributed by atoms with Gasteiger partial charge in [0.1, 0.15) is 11.4 Å². The molecule has 25 heavy (non-hydrogen) atoms. The highest BCUT2D eigenvalue weighted by Crippen LogP contribution is 2.37. The van der Waals surface area contributed by atoms with Gasteiger partial charge in [0.2, 0.25) is 5.91 Å². The molecule has 2 N–H and O–H groups in total. The summed E-state index contributed by atoms with van der Waals surface area (Å²) in [7, 11) is 0. The Morgan fingerprint density at radius 1 is 1.28 bits per heavy atom. The fourth-order valence-corrected chi connectivity index (χ4v) is 3.68. The van der Waals surface area contributed by atoms with Gasteiger partial charge in [0.05, 0.1) is 19.7 Å². The molecule has 0 unspecified atom stereocenters. The molecular formula is C19H24N2O4. The smallest absolute Gasteiger partial charge is 0.254 e. The first kappa shape index (κ1) is 16.4. The van der Waals surface area contributed by atoms with E-state index in [-0.39, 0.29) is 29.1 Å². The molecule has 2 amide bonds. The third-order valence-corrected chi connectivity index (χ3v) is 5.48. The number of aromatic hydroxyl groups is 1. The highest BCUT2D eigenvalue weighted by Gasteiger charge is 2.48. The maximum Gasteiger partial charge on any atom is 0.254 e. The van der Waals surface area contributed by atoms with E-state index in [4.69, 9.17) is 4.74 Å². The minimum absolute atomic E-state index is 0.0658. The first-order valence-corrected chi connectivity index (χ1v) is 9.05. The predicted octanol–water partition coefficient (Wildman–Crippen LogP) is 1.54. The van der Waals surface area contributed by atoms with Gasteiger partial charge in [-0.25, -0.2) is 0 Å². The average Bonchev–Trinajstić information content (AvgIpc) is 3.42. The van der Waals surface area contributed by atoms with Crippen LogP contribution in [0.2, 0.25) is 0 Å². The van der Waals surface area contributed by atoms with Crippen molar-refractivity contribution >= 4 is 11.8 Å². The number of hydrogen-bond donors (Lipinski definition) is 2. The number of phenols is 1. The van der Waals surface area contributed by atoms with Crippen molar-refractivity contribution < 1.29 is 19.4 Å². The van der Waals surface area contributed by atoms with E-state index in [1.54, 1.807) is 23.1 Å². The first-order chi connectivity index (χ1) is 12.0. The minimum Gasteiger partial charge on any atom is -0.508 e. The Hall–Kier alpha value is -2.08. The van der Waals surface area contributed by atoms with Crippen molar-refractivity contribution in [2.75, 3.05) is 26.2 Å². The number of carbonyl (C=O) groups excluding carboxylic acids is 2. The molecule has 1 aromatic rings. The number of nitrogens with one attached hydrogen (secondary N) is 1. The maximum atomic E-state index is 12.4. The number of phenolic OH excluding ortho intramolecular Hbond substituents is 1. The van der Waals surface area contributed by atoms with Crippen LogP contribution in [0.25, 0.3) is 0 Å². The standard InChI is InChI=1S/C19H24N2O4/c22-16-3-1-2-15(8-16)18(24)21-11-19(12-21)7-6-13(10-25-19)9-20-17(23)14-4-5-14/h1-3,8,13-14,22H,4-7,9-12H2,(H,20,23)/t13-/m0/s1. The number of rotatable bonds is 4. The normalized spacial score (nSPS) is 24.6. The van der Waals surface area contributed by atoms with Crippen molar-refractivity contribution in [3.63, 3.8) is 0 Å². The first-order valence-electron chi connectivity index (χ1n) is 9.05. The maximum absolute atomic E-state index is 12.4. The Kier molecular flexibility index (Phi) is 4.15. The van der Waals surface area contributed by atoms with Crippen LogP contribution in [0, 0.1) is 11.8 Å². The van der Waals surface area contributed by atoms with Gasteiger partial charge in [-0.1, -0.05) is 6.07 Å². The van der Waals surface area contributed by atoms with Crippen molar-refractivity contribution in [2.45, 2.75) is 31.3 Å². The van der Waals surface area contributed by atoms with Gasteiger partial charge in [0.15, 0.2) is 0 Å². The lowest BCUT2D eigenvalue weighted by atomic mass is 9.82. The molecule has 2 heterocycles. The number of likely N-dealkylation sites (tertiary alicyclic amines) is 1. The predicted molar refractivity (Wildman–Crippen MR) is 91.2 cm³/mol. The Bertz CT molecular complexity index is 670. The van der Waals surface area contributed by atoms with E-state index in [1.807, 2.05) is 0 Å². The highest BCUT2D eigenvalue weighted by molar-refractivity contribution is 5.95. The summed E-state index contributed by atoms with van der Waals surface area (Å²) in [4.78, 5) is 25.9. The van der Waals surface area contributed by atoms with E-state index < -0.39 is 0 Å². The molecule has 3 fully saturated rings. The Morgan fingerprint density at radius 2 is 2.08 bits per heavy atom. The molecule has 4 rings (SSSR count). The van der Waals surface area contributed by atoms with E-state index in [0.29, 0.717) is 37.7 Å². The monoisotopic (exact) mass is 344 g/mol. The Morgan fingerprint density at radius 3 is 2.72 bits per heavy atom.